The summed E-state index contributed by atoms with van der Waals surface area (Å²) in [6.07, 6.45) is 10.1. The summed E-state index contributed by atoms with van der Waals surface area (Å²) < 4.78 is 0. The summed E-state index contributed by atoms with van der Waals surface area (Å²) in [4.78, 5) is 14.5. The topological polar surface area (TPSA) is 44.4 Å². The molecule has 4 heteroatoms. The largest absolute Gasteiger partial charge is 0.352 e. The molecule has 2 aliphatic heterocycles. The number of amides is 1. The Bertz CT molecular complexity index is 315. The van der Waals surface area contributed by atoms with E-state index in [1.807, 2.05) is 0 Å². The van der Waals surface area contributed by atoms with Crippen molar-refractivity contribution in [1.29, 1.82) is 0 Å². The summed E-state index contributed by atoms with van der Waals surface area (Å²) >= 11 is 0. The molecule has 0 radical (unpaired) electrons. The molecule has 1 saturated carbocycles. The molecule has 2 N–H and O–H groups in total. The van der Waals surface area contributed by atoms with E-state index < -0.39 is 0 Å². The molecule has 4 nitrogen and oxygen atoms in total. The summed E-state index contributed by atoms with van der Waals surface area (Å²) in [5.74, 6) is 0.196. The van der Waals surface area contributed by atoms with Crippen LogP contribution in [0.15, 0.2) is 0 Å². The second-order valence-corrected chi connectivity index (χ2v) is 6.42. The van der Waals surface area contributed by atoms with Gasteiger partial charge in [0, 0.05) is 24.7 Å². The highest BCUT2D eigenvalue weighted by Gasteiger charge is 2.35. The predicted molar refractivity (Wildman–Crippen MR) is 76.0 cm³/mol. The Labute approximate surface area is 116 Å². The number of carbonyl (C=O) groups is 1. The minimum Gasteiger partial charge on any atom is -0.352 e. The molecule has 0 spiro atoms. The van der Waals surface area contributed by atoms with Crippen LogP contribution in [0.4, 0.5) is 0 Å². The summed E-state index contributed by atoms with van der Waals surface area (Å²) in [7, 11) is 0. The van der Waals surface area contributed by atoms with Crippen LogP contribution in [0.3, 0.4) is 0 Å². The number of rotatable bonds is 4. The fourth-order valence-corrected chi connectivity index (χ4v) is 4.06. The van der Waals surface area contributed by atoms with Crippen molar-refractivity contribution in [2.45, 2.75) is 69.5 Å². The van der Waals surface area contributed by atoms with Crippen LogP contribution in [0, 0.1) is 0 Å². The number of carbonyl (C=O) groups excluding carboxylic acids is 1. The molecule has 2 unspecified atom stereocenters. The third-order valence-electron chi connectivity index (χ3n) is 5.10. The van der Waals surface area contributed by atoms with Gasteiger partial charge < -0.3 is 10.6 Å². The number of nitrogens with zero attached hydrogens (tertiary/aromatic N) is 1. The third kappa shape index (κ3) is 3.29. The Morgan fingerprint density at radius 1 is 1.00 bits per heavy atom. The lowest BCUT2D eigenvalue weighted by Gasteiger charge is -2.32. The van der Waals surface area contributed by atoms with E-state index in [1.54, 1.807) is 0 Å². The Hall–Kier alpha value is -0.610. The molecule has 19 heavy (non-hydrogen) atoms. The van der Waals surface area contributed by atoms with E-state index in [9.17, 15) is 4.79 Å². The Morgan fingerprint density at radius 3 is 2.63 bits per heavy atom. The lowest BCUT2D eigenvalue weighted by molar-refractivity contribution is -0.121. The smallest absolute Gasteiger partial charge is 0.234 e. The zero-order chi connectivity index (χ0) is 13.1. The van der Waals surface area contributed by atoms with E-state index >= 15 is 0 Å². The van der Waals surface area contributed by atoms with Crippen LogP contribution in [0.1, 0.15) is 51.4 Å². The maximum Gasteiger partial charge on any atom is 0.234 e. The van der Waals surface area contributed by atoms with Crippen molar-refractivity contribution in [3.8, 4) is 0 Å². The fraction of sp³-hybridized carbons (Fsp3) is 0.933. The Morgan fingerprint density at radius 2 is 1.79 bits per heavy atom. The highest BCUT2D eigenvalue weighted by atomic mass is 16.2. The summed E-state index contributed by atoms with van der Waals surface area (Å²) in [6, 6.07) is 1.67. The van der Waals surface area contributed by atoms with Crippen LogP contribution < -0.4 is 10.6 Å². The van der Waals surface area contributed by atoms with E-state index in [4.69, 9.17) is 0 Å². The van der Waals surface area contributed by atoms with Crippen molar-refractivity contribution >= 4 is 5.91 Å². The van der Waals surface area contributed by atoms with Crippen molar-refractivity contribution in [3.63, 3.8) is 0 Å². The van der Waals surface area contributed by atoms with Crippen LogP contribution in [-0.2, 0) is 4.79 Å². The van der Waals surface area contributed by atoms with E-state index in [0.717, 1.165) is 0 Å². The third-order valence-corrected chi connectivity index (χ3v) is 5.10. The van der Waals surface area contributed by atoms with Gasteiger partial charge in [-0.15, -0.1) is 0 Å². The van der Waals surface area contributed by atoms with Gasteiger partial charge in [-0.3, -0.25) is 9.69 Å². The Balaban J connectivity index is 1.40. The SMILES string of the molecule is O=C(CNC1CCN2CCCCC12)NC1CCCC1. The average molecular weight is 265 g/mol. The second kappa shape index (κ2) is 6.23. The molecule has 0 aromatic carbocycles. The maximum absolute atomic E-state index is 11.9. The van der Waals surface area contributed by atoms with Crippen molar-refractivity contribution in [1.82, 2.24) is 15.5 Å². The maximum atomic E-state index is 11.9. The van der Waals surface area contributed by atoms with Crippen LogP contribution in [0.2, 0.25) is 0 Å². The lowest BCUT2D eigenvalue weighted by atomic mass is 9.99. The summed E-state index contributed by atoms with van der Waals surface area (Å²) in [5, 5.41) is 6.66. The molecule has 2 heterocycles. The molecule has 3 rings (SSSR count). The zero-order valence-corrected chi connectivity index (χ0v) is 11.9. The molecular weight excluding hydrogens is 238 g/mol. The van der Waals surface area contributed by atoms with E-state index in [1.165, 1.54) is 64.5 Å². The van der Waals surface area contributed by atoms with Gasteiger partial charge >= 0.3 is 0 Å². The van der Waals surface area contributed by atoms with Crippen LogP contribution >= 0.6 is 0 Å². The first-order chi connectivity index (χ1) is 9.33. The van der Waals surface area contributed by atoms with Crippen molar-refractivity contribution in [3.05, 3.63) is 0 Å². The lowest BCUT2D eigenvalue weighted by Crippen LogP contribution is -2.48. The van der Waals surface area contributed by atoms with Gasteiger partial charge in [0.2, 0.25) is 5.91 Å². The standard InChI is InChI=1S/C15H27N3O/c19-15(17-12-5-1-2-6-12)11-16-13-8-10-18-9-4-3-7-14(13)18/h12-14,16H,1-11H2,(H,17,19). The van der Waals surface area contributed by atoms with Crippen LogP contribution in [-0.4, -0.2) is 48.6 Å². The predicted octanol–water partition coefficient (Wildman–Crippen LogP) is 1.26. The van der Waals surface area contributed by atoms with Crippen LogP contribution in [0.25, 0.3) is 0 Å². The van der Waals surface area contributed by atoms with Gasteiger partial charge in [0.1, 0.15) is 0 Å². The molecule has 1 amide bonds. The molecule has 1 aliphatic carbocycles. The summed E-state index contributed by atoms with van der Waals surface area (Å²) in [6.45, 7) is 2.98. The first-order valence-electron chi connectivity index (χ1n) is 8.10. The number of hydrogen-bond donors (Lipinski definition) is 2. The summed E-state index contributed by atoms with van der Waals surface area (Å²) in [5.41, 5.74) is 0. The van der Waals surface area contributed by atoms with Crippen molar-refractivity contribution in [2.24, 2.45) is 0 Å². The second-order valence-electron chi connectivity index (χ2n) is 6.42. The van der Waals surface area contributed by atoms with Crippen molar-refractivity contribution < 1.29 is 4.79 Å². The normalized spacial score (nSPS) is 32.4. The number of hydrogen-bond acceptors (Lipinski definition) is 3. The van der Waals surface area contributed by atoms with Gasteiger partial charge in [0.15, 0.2) is 0 Å². The monoisotopic (exact) mass is 265 g/mol. The minimum atomic E-state index is 0.196. The molecule has 0 bridgehead atoms. The first kappa shape index (κ1) is 13.4. The highest BCUT2D eigenvalue weighted by Crippen LogP contribution is 2.26. The molecule has 0 aromatic heterocycles. The quantitative estimate of drug-likeness (QED) is 0.804. The average Bonchev–Trinajstić information content (AvgIpc) is 3.05. The highest BCUT2D eigenvalue weighted by molar-refractivity contribution is 5.78. The molecule has 3 aliphatic rings. The molecule has 0 aromatic rings. The number of fused-ring (bicyclic) bond motifs is 1. The molecule has 2 saturated heterocycles. The molecular formula is C15H27N3O. The number of nitrogens with one attached hydrogen (secondary N) is 2. The molecule has 108 valence electrons. The molecule has 2 atom stereocenters. The fourth-order valence-electron chi connectivity index (χ4n) is 4.06. The Kier molecular flexibility index (Phi) is 4.38. The first-order valence-corrected chi connectivity index (χ1v) is 8.10. The van der Waals surface area contributed by atoms with E-state index in [0.29, 0.717) is 24.7 Å². The van der Waals surface area contributed by atoms with E-state index in [-0.39, 0.29) is 5.91 Å². The van der Waals surface area contributed by atoms with Gasteiger partial charge in [-0.1, -0.05) is 19.3 Å². The van der Waals surface area contributed by atoms with Gasteiger partial charge in [-0.2, -0.15) is 0 Å². The number of piperidine rings is 1. The molecule has 3 fully saturated rings. The van der Waals surface area contributed by atoms with Gasteiger partial charge in [0.05, 0.1) is 6.54 Å². The van der Waals surface area contributed by atoms with Crippen molar-refractivity contribution in [2.75, 3.05) is 19.6 Å². The van der Waals surface area contributed by atoms with Gasteiger partial charge in [0.25, 0.3) is 0 Å². The minimum absolute atomic E-state index is 0.196. The van der Waals surface area contributed by atoms with Gasteiger partial charge in [-0.25, -0.2) is 0 Å². The zero-order valence-electron chi connectivity index (χ0n) is 11.9. The van der Waals surface area contributed by atoms with Crippen LogP contribution in [0.5, 0.6) is 0 Å². The van der Waals surface area contributed by atoms with E-state index in [2.05, 4.69) is 15.5 Å². The van der Waals surface area contributed by atoms with Gasteiger partial charge in [-0.05, 0) is 38.6 Å².